The van der Waals surface area contributed by atoms with Gasteiger partial charge in [0, 0.05) is 19.3 Å². The molecule has 1 aliphatic rings. The van der Waals surface area contributed by atoms with E-state index in [1.807, 2.05) is 18.2 Å². The average Bonchev–Trinajstić information content (AvgIpc) is 2.87. The molecule has 6 heteroatoms. The second-order valence-electron chi connectivity index (χ2n) is 4.31. The van der Waals surface area contributed by atoms with Crippen molar-refractivity contribution >= 4 is 0 Å². The van der Waals surface area contributed by atoms with Crippen LogP contribution >= 0.6 is 0 Å². The van der Waals surface area contributed by atoms with E-state index in [9.17, 15) is 9.59 Å². The Bertz CT molecular complexity index is 745. The van der Waals surface area contributed by atoms with Crippen LogP contribution in [0.25, 0.3) is 0 Å². The van der Waals surface area contributed by atoms with Crippen LogP contribution in [0.4, 0.5) is 0 Å². The first-order valence-electron chi connectivity index (χ1n) is 5.80. The molecule has 0 radical (unpaired) electrons. The van der Waals surface area contributed by atoms with E-state index in [-0.39, 0.29) is 18.0 Å². The summed E-state index contributed by atoms with van der Waals surface area (Å²) < 4.78 is 13.1. The lowest BCUT2D eigenvalue weighted by atomic mass is 10.2. The molecule has 0 N–H and O–H groups in total. The lowest BCUT2D eigenvalue weighted by Crippen LogP contribution is -2.37. The third-order valence-electron chi connectivity index (χ3n) is 3.05. The lowest BCUT2D eigenvalue weighted by molar-refractivity contribution is 0.174. The Morgan fingerprint density at radius 2 is 1.95 bits per heavy atom. The van der Waals surface area contributed by atoms with Crippen molar-refractivity contribution in [2.24, 2.45) is 7.05 Å². The van der Waals surface area contributed by atoms with Gasteiger partial charge in [0.2, 0.25) is 6.79 Å². The van der Waals surface area contributed by atoms with E-state index < -0.39 is 0 Å². The van der Waals surface area contributed by atoms with Crippen molar-refractivity contribution in [3.8, 4) is 11.5 Å². The molecule has 2 aromatic rings. The van der Waals surface area contributed by atoms with Gasteiger partial charge in [0.1, 0.15) is 0 Å². The third-order valence-corrected chi connectivity index (χ3v) is 3.05. The van der Waals surface area contributed by atoms with Gasteiger partial charge in [0.05, 0.1) is 6.54 Å². The molecule has 0 unspecified atom stereocenters. The molecule has 1 aromatic carbocycles. The summed E-state index contributed by atoms with van der Waals surface area (Å²) in [7, 11) is 1.46. The highest BCUT2D eigenvalue weighted by molar-refractivity contribution is 5.44. The van der Waals surface area contributed by atoms with E-state index in [4.69, 9.17) is 9.47 Å². The Kier molecular flexibility index (Phi) is 2.63. The first-order chi connectivity index (χ1) is 9.15. The van der Waals surface area contributed by atoms with Crippen LogP contribution in [0.2, 0.25) is 0 Å². The van der Waals surface area contributed by atoms with Crippen molar-refractivity contribution in [2.75, 3.05) is 6.79 Å². The Hall–Kier alpha value is -2.50. The summed E-state index contributed by atoms with van der Waals surface area (Å²) in [5.74, 6) is 1.38. The number of hydrogen-bond acceptors (Lipinski definition) is 4. The van der Waals surface area contributed by atoms with Gasteiger partial charge in [-0.1, -0.05) is 6.07 Å². The molecule has 0 bridgehead atoms. The lowest BCUT2D eigenvalue weighted by Gasteiger charge is -2.07. The standard InChI is InChI=1S/C13H12N2O4/c1-14-12(16)4-5-15(13(14)17)7-9-2-3-10-11(6-9)19-8-18-10/h2-6H,7-8H2,1H3. The Morgan fingerprint density at radius 3 is 2.79 bits per heavy atom. The predicted molar refractivity (Wildman–Crippen MR) is 67.6 cm³/mol. The molecule has 6 nitrogen and oxygen atoms in total. The Morgan fingerprint density at radius 1 is 1.16 bits per heavy atom. The smallest absolute Gasteiger partial charge is 0.331 e. The zero-order valence-corrected chi connectivity index (χ0v) is 10.3. The summed E-state index contributed by atoms with van der Waals surface area (Å²) in [6.45, 7) is 0.599. The van der Waals surface area contributed by atoms with Gasteiger partial charge in [-0.05, 0) is 17.7 Å². The molecule has 0 spiro atoms. The minimum atomic E-state index is -0.342. The molecular weight excluding hydrogens is 248 g/mol. The van der Waals surface area contributed by atoms with Crippen LogP contribution in [0.1, 0.15) is 5.56 Å². The maximum Gasteiger partial charge on any atom is 0.331 e. The highest BCUT2D eigenvalue weighted by Crippen LogP contribution is 2.32. The molecule has 98 valence electrons. The van der Waals surface area contributed by atoms with Crippen molar-refractivity contribution in [1.82, 2.24) is 9.13 Å². The molecule has 0 amide bonds. The van der Waals surface area contributed by atoms with Crippen molar-refractivity contribution in [2.45, 2.75) is 6.54 Å². The molecule has 2 heterocycles. The molecule has 0 aliphatic carbocycles. The predicted octanol–water partition coefficient (Wildman–Crippen LogP) is 0.324. The van der Waals surface area contributed by atoms with Gasteiger partial charge in [-0.2, -0.15) is 0 Å². The molecule has 1 aromatic heterocycles. The largest absolute Gasteiger partial charge is 0.454 e. The number of nitrogens with zero attached hydrogens (tertiary/aromatic N) is 2. The van der Waals surface area contributed by atoms with Crippen LogP contribution in [-0.4, -0.2) is 15.9 Å². The van der Waals surface area contributed by atoms with E-state index >= 15 is 0 Å². The van der Waals surface area contributed by atoms with Gasteiger partial charge in [-0.25, -0.2) is 4.79 Å². The fourth-order valence-electron chi connectivity index (χ4n) is 1.97. The molecule has 3 rings (SSSR count). The quantitative estimate of drug-likeness (QED) is 0.780. The number of hydrogen-bond donors (Lipinski definition) is 0. The number of benzene rings is 1. The summed E-state index contributed by atoms with van der Waals surface area (Å²) in [5.41, 5.74) is 0.252. The van der Waals surface area contributed by atoms with E-state index in [0.717, 1.165) is 10.1 Å². The topological polar surface area (TPSA) is 62.5 Å². The van der Waals surface area contributed by atoms with Crippen LogP contribution < -0.4 is 20.7 Å². The van der Waals surface area contributed by atoms with Crippen molar-refractivity contribution in [3.05, 3.63) is 56.9 Å². The highest BCUT2D eigenvalue weighted by Gasteiger charge is 2.13. The second kappa shape index (κ2) is 4.31. The van der Waals surface area contributed by atoms with Gasteiger partial charge in [-0.3, -0.25) is 13.9 Å². The maximum atomic E-state index is 11.9. The van der Waals surface area contributed by atoms with E-state index in [1.165, 1.54) is 23.9 Å². The number of rotatable bonds is 2. The van der Waals surface area contributed by atoms with E-state index in [0.29, 0.717) is 18.0 Å². The first kappa shape index (κ1) is 11.6. The zero-order chi connectivity index (χ0) is 13.4. The zero-order valence-electron chi connectivity index (χ0n) is 10.3. The van der Waals surface area contributed by atoms with Crippen LogP contribution in [0.3, 0.4) is 0 Å². The van der Waals surface area contributed by atoms with Crippen molar-refractivity contribution < 1.29 is 9.47 Å². The summed E-state index contributed by atoms with van der Waals surface area (Å²) in [6.07, 6.45) is 1.50. The molecule has 0 saturated heterocycles. The fraction of sp³-hybridized carbons (Fsp3) is 0.231. The van der Waals surface area contributed by atoms with Gasteiger partial charge >= 0.3 is 5.69 Å². The van der Waals surface area contributed by atoms with Gasteiger partial charge in [0.25, 0.3) is 5.56 Å². The normalized spacial score (nSPS) is 12.7. The molecule has 1 aliphatic heterocycles. The minimum Gasteiger partial charge on any atom is -0.454 e. The molecule has 0 fully saturated rings. The average molecular weight is 260 g/mol. The Balaban J connectivity index is 1.96. The second-order valence-corrected chi connectivity index (χ2v) is 4.31. The van der Waals surface area contributed by atoms with Crippen LogP contribution in [0, 0.1) is 0 Å². The summed E-state index contributed by atoms with van der Waals surface area (Å²) in [4.78, 5) is 23.2. The van der Waals surface area contributed by atoms with E-state index in [1.54, 1.807) is 0 Å². The highest BCUT2D eigenvalue weighted by atomic mass is 16.7. The van der Waals surface area contributed by atoms with Gasteiger partial charge < -0.3 is 9.47 Å². The van der Waals surface area contributed by atoms with Crippen LogP contribution in [-0.2, 0) is 13.6 Å². The summed E-state index contributed by atoms with van der Waals surface area (Å²) >= 11 is 0. The summed E-state index contributed by atoms with van der Waals surface area (Å²) in [6, 6.07) is 6.88. The molecule has 0 atom stereocenters. The monoisotopic (exact) mass is 260 g/mol. The van der Waals surface area contributed by atoms with Crippen LogP contribution in [0.15, 0.2) is 40.1 Å². The van der Waals surface area contributed by atoms with Gasteiger partial charge in [0.15, 0.2) is 11.5 Å². The van der Waals surface area contributed by atoms with Gasteiger partial charge in [-0.15, -0.1) is 0 Å². The number of aromatic nitrogens is 2. The minimum absolute atomic E-state index is 0.221. The molecule has 0 saturated carbocycles. The van der Waals surface area contributed by atoms with Crippen LogP contribution in [0.5, 0.6) is 11.5 Å². The fourth-order valence-corrected chi connectivity index (χ4v) is 1.97. The summed E-state index contributed by atoms with van der Waals surface area (Å²) in [5, 5.41) is 0. The van der Waals surface area contributed by atoms with E-state index in [2.05, 4.69) is 0 Å². The number of ether oxygens (including phenoxy) is 2. The number of fused-ring (bicyclic) bond motifs is 1. The molecular formula is C13H12N2O4. The SMILES string of the molecule is Cn1c(=O)ccn(Cc2ccc3c(c2)OCO3)c1=O. The third kappa shape index (κ3) is 2.01. The molecule has 19 heavy (non-hydrogen) atoms. The van der Waals surface area contributed by atoms with Crippen molar-refractivity contribution in [3.63, 3.8) is 0 Å². The maximum absolute atomic E-state index is 11.9. The van der Waals surface area contributed by atoms with Crippen molar-refractivity contribution in [1.29, 1.82) is 0 Å². The first-order valence-corrected chi connectivity index (χ1v) is 5.80. The Labute approximate surface area is 108 Å².